The molecule has 4 rings (SSSR count). The molecule has 3 amide bonds. The van der Waals surface area contributed by atoms with Gasteiger partial charge in [-0.15, -0.1) is 0 Å². The highest BCUT2D eigenvalue weighted by atomic mass is 35.5. The molecule has 0 saturated heterocycles. The average Bonchev–Trinajstić information content (AvgIpc) is 3.07. The fraction of sp³-hybridized carbons (Fsp3) is 0.111. The lowest BCUT2D eigenvalue weighted by molar-refractivity contribution is -0.120. The fourth-order valence-electron chi connectivity index (χ4n) is 3.52. The van der Waals surface area contributed by atoms with Crippen LogP contribution in [0.15, 0.2) is 83.5 Å². The van der Waals surface area contributed by atoms with Gasteiger partial charge in [-0.1, -0.05) is 29.8 Å². The molecule has 1 aliphatic rings. The molecule has 8 nitrogen and oxygen atoms in total. The van der Waals surface area contributed by atoms with E-state index in [1.54, 1.807) is 44.2 Å². The Bertz CT molecular complexity index is 1440. The highest BCUT2D eigenvalue weighted by molar-refractivity contribution is 6.53. The van der Waals surface area contributed by atoms with Crippen LogP contribution >= 0.6 is 11.6 Å². The van der Waals surface area contributed by atoms with Gasteiger partial charge in [-0.2, -0.15) is 0 Å². The molecule has 0 bridgehead atoms. The minimum Gasteiger partial charge on any atom is -0.459 e. The molecule has 37 heavy (non-hydrogen) atoms. The molecule has 2 N–H and O–H groups in total. The molecule has 0 aromatic heterocycles. The number of ether oxygens (including phenoxy) is 1. The molecule has 0 unspecified atom stereocenters. The third-order valence-electron chi connectivity index (χ3n) is 5.24. The second kappa shape index (κ2) is 10.6. The number of para-hydroxylation sites is 1. The van der Waals surface area contributed by atoms with Crippen molar-refractivity contribution in [3.05, 3.63) is 100 Å². The summed E-state index contributed by atoms with van der Waals surface area (Å²) in [7, 11) is 0. The van der Waals surface area contributed by atoms with Crippen LogP contribution in [0, 0.1) is 5.82 Å². The number of anilines is 3. The van der Waals surface area contributed by atoms with Gasteiger partial charge in [0.25, 0.3) is 17.7 Å². The molecule has 0 fully saturated rings. The number of amides is 3. The number of carbonyl (C=O) groups is 4. The first kappa shape index (κ1) is 25.6. The smallest absolute Gasteiger partial charge is 0.338 e. The minimum atomic E-state index is -0.867. The first-order chi connectivity index (χ1) is 17.7. The molecule has 1 heterocycles. The van der Waals surface area contributed by atoms with E-state index in [1.807, 2.05) is 0 Å². The number of imide groups is 1. The summed E-state index contributed by atoms with van der Waals surface area (Å²) in [5, 5.41) is 5.08. The van der Waals surface area contributed by atoms with E-state index in [9.17, 15) is 23.6 Å². The molecule has 3 aromatic carbocycles. The van der Waals surface area contributed by atoms with Crippen molar-refractivity contribution in [2.24, 2.45) is 0 Å². The predicted molar refractivity (Wildman–Crippen MR) is 137 cm³/mol. The Kier molecular flexibility index (Phi) is 7.35. The first-order valence-corrected chi connectivity index (χ1v) is 11.6. The Labute approximate surface area is 216 Å². The fourth-order valence-corrected chi connectivity index (χ4v) is 3.73. The lowest BCUT2D eigenvalue weighted by atomic mass is 10.1. The van der Waals surface area contributed by atoms with E-state index in [0.29, 0.717) is 21.8 Å². The standard InChI is InChI=1S/C27H21ClFN3O5/c1-15(2)37-27(36)16-10-12-18(13-11-16)31-24(33)17-6-5-7-19(14-17)30-23-22(28)25(34)32(26(23)35)21-9-4-3-8-20(21)29/h3-15,30H,1-2H3,(H,31,33). The zero-order valence-electron chi connectivity index (χ0n) is 19.7. The summed E-state index contributed by atoms with van der Waals surface area (Å²) in [5.41, 5.74) is 0.896. The van der Waals surface area contributed by atoms with Crippen LogP contribution in [0.25, 0.3) is 0 Å². The number of nitrogens with one attached hydrogen (secondary N) is 2. The Morgan fingerprint density at radius 2 is 1.59 bits per heavy atom. The molecule has 0 aliphatic carbocycles. The average molecular weight is 522 g/mol. The number of carbonyl (C=O) groups excluding carboxylic acids is 4. The summed E-state index contributed by atoms with van der Waals surface area (Å²) in [5.74, 6) is -3.37. The topological polar surface area (TPSA) is 105 Å². The van der Waals surface area contributed by atoms with Gasteiger partial charge in [0.15, 0.2) is 0 Å². The summed E-state index contributed by atoms with van der Waals surface area (Å²) in [4.78, 5) is 50.9. The molecule has 0 spiro atoms. The number of esters is 1. The Morgan fingerprint density at radius 3 is 2.27 bits per heavy atom. The summed E-state index contributed by atoms with van der Waals surface area (Å²) < 4.78 is 19.3. The van der Waals surface area contributed by atoms with Crippen LogP contribution in [-0.2, 0) is 14.3 Å². The van der Waals surface area contributed by atoms with Gasteiger partial charge in [-0.3, -0.25) is 14.4 Å². The zero-order valence-corrected chi connectivity index (χ0v) is 20.5. The molecule has 0 atom stereocenters. The van der Waals surface area contributed by atoms with Crippen LogP contribution in [0.5, 0.6) is 0 Å². The summed E-state index contributed by atoms with van der Waals surface area (Å²) >= 11 is 6.11. The van der Waals surface area contributed by atoms with Crippen molar-refractivity contribution >= 4 is 52.4 Å². The van der Waals surface area contributed by atoms with Gasteiger partial charge in [0, 0.05) is 16.9 Å². The predicted octanol–water partition coefficient (Wildman–Crippen LogP) is 5.08. The van der Waals surface area contributed by atoms with E-state index < -0.39 is 34.5 Å². The maximum Gasteiger partial charge on any atom is 0.338 e. The van der Waals surface area contributed by atoms with Gasteiger partial charge in [0.2, 0.25) is 0 Å². The highest BCUT2D eigenvalue weighted by Gasteiger charge is 2.40. The number of hydrogen-bond donors (Lipinski definition) is 2. The minimum absolute atomic E-state index is 0.218. The Hall–Kier alpha value is -4.50. The molecular formula is C27H21ClFN3O5. The summed E-state index contributed by atoms with van der Waals surface area (Å²) in [6.07, 6.45) is -0.251. The molecule has 0 radical (unpaired) electrons. The van der Waals surface area contributed by atoms with Crippen molar-refractivity contribution in [3.8, 4) is 0 Å². The van der Waals surface area contributed by atoms with Gasteiger partial charge in [0.1, 0.15) is 16.5 Å². The SMILES string of the molecule is CC(C)OC(=O)c1ccc(NC(=O)c2cccc(NC3=C(Cl)C(=O)N(c4ccccc4F)C3=O)c2)cc1. The normalized spacial score (nSPS) is 13.3. The Balaban J connectivity index is 1.47. The van der Waals surface area contributed by atoms with Crippen LogP contribution in [0.3, 0.4) is 0 Å². The van der Waals surface area contributed by atoms with E-state index >= 15 is 0 Å². The van der Waals surface area contributed by atoms with Crippen molar-refractivity contribution in [2.75, 3.05) is 15.5 Å². The number of nitrogens with zero attached hydrogens (tertiary/aromatic N) is 1. The molecular weight excluding hydrogens is 501 g/mol. The van der Waals surface area contributed by atoms with Crippen molar-refractivity contribution in [1.82, 2.24) is 0 Å². The van der Waals surface area contributed by atoms with Crippen LogP contribution in [-0.4, -0.2) is 29.8 Å². The maximum atomic E-state index is 14.2. The second-order valence-electron chi connectivity index (χ2n) is 8.28. The quantitative estimate of drug-likeness (QED) is 0.332. The van der Waals surface area contributed by atoms with Crippen molar-refractivity contribution in [2.45, 2.75) is 20.0 Å². The number of hydrogen-bond acceptors (Lipinski definition) is 6. The largest absolute Gasteiger partial charge is 0.459 e. The summed E-state index contributed by atoms with van der Waals surface area (Å²) in [6, 6.07) is 17.7. The molecule has 3 aromatic rings. The van der Waals surface area contributed by atoms with E-state index in [-0.39, 0.29) is 23.1 Å². The Morgan fingerprint density at radius 1 is 0.892 bits per heavy atom. The first-order valence-electron chi connectivity index (χ1n) is 11.2. The van der Waals surface area contributed by atoms with Gasteiger partial charge in [-0.25, -0.2) is 14.1 Å². The van der Waals surface area contributed by atoms with E-state index in [4.69, 9.17) is 16.3 Å². The van der Waals surface area contributed by atoms with Crippen molar-refractivity contribution in [1.29, 1.82) is 0 Å². The van der Waals surface area contributed by atoms with E-state index in [1.165, 1.54) is 36.4 Å². The van der Waals surface area contributed by atoms with E-state index in [0.717, 1.165) is 6.07 Å². The van der Waals surface area contributed by atoms with Crippen LogP contribution in [0.1, 0.15) is 34.6 Å². The van der Waals surface area contributed by atoms with Crippen molar-refractivity contribution in [3.63, 3.8) is 0 Å². The van der Waals surface area contributed by atoms with Crippen LogP contribution < -0.4 is 15.5 Å². The van der Waals surface area contributed by atoms with Gasteiger partial charge >= 0.3 is 5.97 Å². The van der Waals surface area contributed by atoms with Gasteiger partial charge in [0.05, 0.1) is 17.4 Å². The van der Waals surface area contributed by atoms with Crippen LogP contribution in [0.4, 0.5) is 21.5 Å². The number of rotatable bonds is 7. The molecule has 0 saturated carbocycles. The van der Waals surface area contributed by atoms with Crippen LogP contribution in [0.2, 0.25) is 0 Å². The monoisotopic (exact) mass is 521 g/mol. The zero-order chi connectivity index (χ0) is 26.7. The molecule has 188 valence electrons. The number of benzene rings is 3. The van der Waals surface area contributed by atoms with Gasteiger partial charge in [-0.05, 0) is 68.4 Å². The lowest BCUT2D eigenvalue weighted by Crippen LogP contribution is -2.33. The third kappa shape index (κ3) is 5.52. The lowest BCUT2D eigenvalue weighted by Gasteiger charge is -2.15. The number of halogens is 2. The molecule has 10 heteroatoms. The van der Waals surface area contributed by atoms with Gasteiger partial charge < -0.3 is 15.4 Å². The van der Waals surface area contributed by atoms with Crippen molar-refractivity contribution < 1.29 is 28.3 Å². The maximum absolute atomic E-state index is 14.2. The van der Waals surface area contributed by atoms with E-state index in [2.05, 4.69) is 10.6 Å². The molecule has 1 aliphatic heterocycles. The summed E-state index contributed by atoms with van der Waals surface area (Å²) in [6.45, 7) is 3.50. The highest BCUT2D eigenvalue weighted by Crippen LogP contribution is 2.31. The second-order valence-corrected chi connectivity index (χ2v) is 8.66. The third-order valence-corrected chi connectivity index (χ3v) is 5.59.